The van der Waals surface area contributed by atoms with Crippen LogP contribution in [0.3, 0.4) is 0 Å². The number of imidazole rings is 1. The number of piperazine rings is 1. The molecule has 1 N–H and O–H groups in total. The monoisotopic (exact) mass is 320 g/mol. The van der Waals surface area contributed by atoms with Crippen molar-refractivity contribution in [1.29, 1.82) is 0 Å². The van der Waals surface area contributed by atoms with Crippen LogP contribution in [-0.4, -0.2) is 62.8 Å². The third kappa shape index (κ3) is 4.14. The Balaban J connectivity index is 1.61. The number of hydrogen-bond donors (Lipinski definition) is 1. The maximum Gasteiger partial charge on any atom is 0.122 e. The first-order chi connectivity index (χ1) is 11.3. The van der Waals surface area contributed by atoms with Crippen LogP contribution in [0.4, 0.5) is 0 Å². The van der Waals surface area contributed by atoms with Crippen LogP contribution in [0.25, 0.3) is 0 Å². The summed E-state index contributed by atoms with van der Waals surface area (Å²) in [7, 11) is 0. The van der Waals surface area contributed by atoms with Gasteiger partial charge in [-0.15, -0.1) is 0 Å². The first-order valence-corrected chi connectivity index (χ1v) is 9.40. The minimum atomic E-state index is 0.297. The molecular weight excluding hydrogens is 288 g/mol. The molecule has 1 saturated carbocycles. The summed E-state index contributed by atoms with van der Waals surface area (Å²) in [6.45, 7) is 7.70. The Morgan fingerprint density at radius 3 is 2.78 bits per heavy atom. The van der Waals surface area contributed by atoms with Gasteiger partial charge in [0.15, 0.2) is 0 Å². The molecule has 1 aliphatic carbocycles. The molecule has 1 unspecified atom stereocenters. The average molecular weight is 320 g/mol. The first-order valence-electron chi connectivity index (χ1n) is 9.40. The van der Waals surface area contributed by atoms with Gasteiger partial charge in [0.25, 0.3) is 0 Å². The molecule has 5 nitrogen and oxygen atoms in total. The Labute approximate surface area is 140 Å². The molecule has 1 aromatic heterocycles. The predicted molar refractivity (Wildman–Crippen MR) is 92.2 cm³/mol. The Bertz CT molecular complexity index is 469. The van der Waals surface area contributed by atoms with Crippen LogP contribution in [0.5, 0.6) is 0 Å². The summed E-state index contributed by atoms with van der Waals surface area (Å²) in [5, 5.41) is 9.50. The fourth-order valence-corrected chi connectivity index (χ4v) is 4.36. The number of nitrogens with zero attached hydrogens (tertiary/aromatic N) is 4. The van der Waals surface area contributed by atoms with E-state index in [1.165, 1.54) is 37.9 Å². The molecule has 130 valence electrons. The zero-order valence-electron chi connectivity index (χ0n) is 14.5. The molecule has 0 bridgehead atoms. The van der Waals surface area contributed by atoms with E-state index < -0.39 is 0 Å². The predicted octanol–water partition coefficient (Wildman–Crippen LogP) is 2.10. The molecule has 2 fully saturated rings. The fourth-order valence-electron chi connectivity index (χ4n) is 4.36. The minimum Gasteiger partial charge on any atom is -0.396 e. The second kappa shape index (κ2) is 8.27. The molecule has 1 aromatic rings. The molecule has 2 heterocycles. The summed E-state index contributed by atoms with van der Waals surface area (Å²) < 4.78 is 2.23. The van der Waals surface area contributed by atoms with E-state index in [9.17, 15) is 5.11 Å². The maximum absolute atomic E-state index is 9.50. The third-order valence-corrected chi connectivity index (χ3v) is 5.63. The lowest BCUT2D eigenvalue weighted by molar-refractivity contribution is 0.0125. The first kappa shape index (κ1) is 16.9. The number of aliphatic hydroxyl groups excluding tert-OH is 1. The molecule has 0 radical (unpaired) electrons. The van der Waals surface area contributed by atoms with Crippen molar-refractivity contribution >= 4 is 0 Å². The van der Waals surface area contributed by atoms with Crippen LogP contribution in [0.2, 0.25) is 0 Å². The molecule has 1 aliphatic heterocycles. The topological polar surface area (TPSA) is 44.5 Å². The van der Waals surface area contributed by atoms with E-state index in [1.807, 2.05) is 6.20 Å². The van der Waals surface area contributed by atoms with Crippen LogP contribution < -0.4 is 0 Å². The van der Waals surface area contributed by atoms with Crippen LogP contribution in [0.1, 0.15) is 51.3 Å². The van der Waals surface area contributed by atoms with Crippen molar-refractivity contribution in [2.75, 3.05) is 26.2 Å². The normalized spacial score (nSPS) is 25.0. The van der Waals surface area contributed by atoms with E-state index in [1.54, 1.807) is 0 Å². The molecule has 0 amide bonds. The van der Waals surface area contributed by atoms with Gasteiger partial charge in [-0.1, -0.05) is 19.3 Å². The van der Waals surface area contributed by atoms with Gasteiger partial charge in [-0.25, -0.2) is 4.98 Å². The standard InChI is InChI=1S/C18H32N4O/c1-2-21-10-9-19-18(21)15-20-11-12-22(17(14-20)8-13-23)16-6-4-3-5-7-16/h9-10,16-17,23H,2-8,11-15H2,1H3. The van der Waals surface area contributed by atoms with Gasteiger partial charge >= 0.3 is 0 Å². The Morgan fingerprint density at radius 2 is 2.04 bits per heavy atom. The number of hydrogen-bond acceptors (Lipinski definition) is 4. The van der Waals surface area contributed by atoms with Gasteiger partial charge in [-0.05, 0) is 26.2 Å². The van der Waals surface area contributed by atoms with Crippen molar-refractivity contribution in [2.45, 2.75) is 70.6 Å². The number of aromatic nitrogens is 2. The quantitative estimate of drug-likeness (QED) is 0.872. The summed E-state index contributed by atoms with van der Waals surface area (Å²) in [5.41, 5.74) is 0. The molecule has 1 atom stereocenters. The van der Waals surface area contributed by atoms with Crippen molar-refractivity contribution in [3.8, 4) is 0 Å². The van der Waals surface area contributed by atoms with Crippen LogP contribution >= 0.6 is 0 Å². The summed E-state index contributed by atoms with van der Waals surface area (Å²) in [4.78, 5) is 9.75. The summed E-state index contributed by atoms with van der Waals surface area (Å²) in [6.07, 6.45) is 11.7. The Morgan fingerprint density at radius 1 is 1.22 bits per heavy atom. The molecule has 0 aromatic carbocycles. The lowest BCUT2D eigenvalue weighted by Gasteiger charge is -2.46. The van der Waals surface area contributed by atoms with E-state index in [2.05, 4.69) is 32.5 Å². The largest absolute Gasteiger partial charge is 0.396 e. The van der Waals surface area contributed by atoms with Gasteiger partial charge in [0.2, 0.25) is 0 Å². The molecule has 3 rings (SSSR count). The molecule has 2 aliphatic rings. The minimum absolute atomic E-state index is 0.297. The van der Waals surface area contributed by atoms with Crippen molar-refractivity contribution in [2.24, 2.45) is 0 Å². The van der Waals surface area contributed by atoms with Gasteiger partial charge in [0, 0.05) is 57.3 Å². The van der Waals surface area contributed by atoms with E-state index in [4.69, 9.17) is 0 Å². The zero-order chi connectivity index (χ0) is 16.1. The average Bonchev–Trinajstić information content (AvgIpc) is 3.03. The van der Waals surface area contributed by atoms with Crippen molar-refractivity contribution < 1.29 is 5.11 Å². The number of aryl methyl sites for hydroxylation is 1. The van der Waals surface area contributed by atoms with Gasteiger partial charge in [-0.3, -0.25) is 9.80 Å². The lowest BCUT2D eigenvalue weighted by Crippen LogP contribution is -2.56. The third-order valence-electron chi connectivity index (χ3n) is 5.63. The lowest BCUT2D eigenvalue weighted by atomic mass is 9.92. The van der Waals surface area contributed by atoms with Gasteiger partial charge in [0.1, 0.15) is 5.82 Å². The van der Waals surface area contributed by atoms with Crippen LogP contribution in [0.15, 0.2) is 12.4 Å². The Kier molecular flexibility index (Phi) is 6.08. The zero-order valence-corrected chi connectivity index (χ0v) is 14.5. The van der Waals surface area contributed by atoms with E-state index in [-0.39, 0.29) is 0 Å². The second-order valence-corrected chi connectivity index (χ2v) is 7.06. The van der Waals surface area contributed by atoms with Crippen LogP contribution in [-0.2, 0) is 13.1 Å². The highest BCUT2D eigenvalue weighted by Crippen LogP contribution is 2.27. The summed E-state index contributed by atoms with van der Waals surface area (Å²) >= 11 is 0. The van der Waals surface area contributed by atoms with Crippen molar-refractivity contribution in [3.63, 3.8) is 0 Å². The van der Waals surface area contributed by atoms with Crippen LogP contribution in [0, 0.1) is 0 Å². The highest BCUT2D eigenvalue weighted by atomic mass is 16.3. The highest BCUT2D eigenvalue weighted by Gasteiger charge is 2.32. The number of rotatable bonds is 6. The van der Waals surface area contributed by atoms with Gasteiger partial charge < -0.3 is 9.67 Å². The summed E-state index contributed by atoms with van der Waals surface area (Å²) in [5.74, 6) is 1.17. The maximum atomic E-state index is 9.50. The number of aliphatic hydroxyl groups is 1. The molecule has 23 heavy (non-hydrogen) atoms. The Hall–Kier alpha value is -0.910. The second-order valence-electron chi connectivity index (χ2n) is 7.06. The van der Waals surface area contributed by atoms with E-state index in [0.29, 0.717) is 12.6 Å². The SMILES string of the molecule is CCn1ccnc1CN1CCN(C2CCCCC2)C(CCO)C1. The van der Waals surface area contributed by atoms with Gasteiger partial charge in [0.05, 0.1) is 6.54 Å². The molecular formula is C18H32N4O. The van der Waals surface area contributed by atoms with E-state index in [0.717, 1.165) is 45.2 Å². The summed E-state index contributed by atoms with van der Waals surface area (Å²) in [6, 6.07) is 1.25. The van der Waals surface area contributed by atoms with Crippen molar-refractivity contribution in [1.82, 2.24) is 19.4 Å². The van der Waals surface area contributed by atoms with Gasteiger partial charge in [-0.2, -0.15) is 0 Å². The molecule has 1 saturated heterocycles. The molecule has 5 heteroatoms. The molecule has 0 spiro atoms. The highest BCUT2D eigenvalue weighted by molar-refractivity contribution is 4.95. The fraction of sp³-hybridized carbons (Fsp3) is 0.833. The van der Waals surface area contributed by atoms with Crippen molar-refractivity contribution in [3.05, 3.63) is 18.2 Å². The van der Waals surface area contributed by atoms with E-state index >= 15 is 0 Å². The smallest absolute Gasteiger partial charge is 0.122 e.